The van der Waals surface area contributed by atoms with Crippen LogP contribution >= 0.6 is 0 Å². The molecule has 41 heavy (non-hydrogen) atoms. The molecule has 0 spiro atoms. The molecule has 0 saturated heterocycles. The van der Waals surface area contributed by atoms with Crippen LogP contribution in [-0.4, -0.2) is 43.8 Å². The SMILES string of the molecule is CC[C@@H](C(=O)NC1CCCC1)N(Cc1ccc(C)cc1)C(=O)CN(c1cccc(C)c1C)S(=O)(=O)c1ccccc1. The van der Waals surface area contributed by atoms with Gasteiger partial charge in [-0.05, 0) is 74.9 Å². The minimum absolute atomic E-state index is 0.102. The van der Waals surface area contributed by atoms with Crippen molar-refractivity contribution in [3.8, 4) is 0 Å². The van der Waals surface area contributed by atoms with E-state index in [1.807, 2.05) is 58.0 Å². The third kappa shape index (κ3) is 7.17. The highest BCUT2D eigenvalue weighted by Crippen LogP contribution is 2.29. The lowest BCUT2D eigenvalue weighted by Crippen LogP contribution is -2.53. The molecule has 1 fully saturated rings. The molecule has 0 heterocycles. The van der Waals surface area contributed by atoms with Gasteiger partial charge in [0.05, 0.1) is 10.6 Å². The Morgan fingerprint density at radius 1 is 0.902 bits per heavy atom. The Labute approximate surface area is 244 Å². The molecule has 3 aromatic carbocycles. The van der Waals surface area contributed by atoms with Crippen molar-refractivity contribution in [3.63, 3.8) is 0 Å². The molecule has 7 nitrogen and oxygen atoms in total. The first-order chi connectivity index (χ1) is 19.6. The Balaban J connectivity index is 1.73. The Bertz CT molecular complexity index is 1450. The molecule has 3 aromatic rings. The first-order valence-electron chi connectivity index (χ1n) is 14.4. The number of nitrogens with one attached hydrogen (secondary N) is 1. The monoisotopic (exact) mass is 575 g/mol. The number of benzene rings is 3. The summed E-state index contributed by atoms with van der Waals surface area (Å²) in [4.78, 5) is 29.5. The number of nitrogens with zero attached hydrogens (tertiary/aromatic N) is 2. The van der Waals surface area contributed by atoms with E-state index in [1.165, 1.54) is 16.4 Å². The summed E-state index contributed by atoms with van der Waals surface area (Å²) in [6, 6.07) is 20.8. The second kappa shape index (κ2) is 13.3. The number of aryl methyl sites for hydroxylation is 2. The van der Waals surface area contributed by atoms with Gasteiger partial charge in [0, 0.05) is 12.6 Å². The predicted octanol–water partition coefficient (Wildman–Crippen LogP) is 5.67. The summed E-state index contributed by atoms with van der Waals surface area (Å²) in [5.41, 5.74) is 4.10. The molecule has 4 rings (SSSR count). The Hall–Kier alpha value is -3.65. The number of rotatable bonds is 11. The molecular weight excluding hydrogens is 534 g/mol. The fraction of sp³-hybridized carbons (Fsp3) is 0.394. The second-order valence-electron chi connectivity index (χ2n) is 11.0. The maximum absolute atomic E-state index is 14.3. The van der Waals surface area contributed by atoms with Crippen molar-refractivity contribution in [2.24, 2.45) is 0 Å². The van der Waals surface area contributed by atoms with Crippen LogP contribution in [0.25, 0.3) is 0 Å². The summed E-state index contributed by atoms with van der Waals surface area (Å²) in [6.45, 7) is 7.42. The highest BCUT2D eigenvalue weighted by Gasteiger charge is 2.35. The van der Waals surface area contributed by atoms with E-state index in [-0.39, 0.29) is 23.4 Å². The topological polar surface area (TPSA) is 86.8 Å². The number of carbonyl (C=O) groups excluding carboxylic acids is 2. The highest BCUT2D eigenvalue weighted by molar-refractivity contribution is 7.92. The van der Waals surface area contributed by atoms with Crippen LogP contribution in [0.5, 0.6) is 0 Å². The zero-order chi connectivity index (χ0) is 29.6. The average molecular weight is 576 g/mol. The first kappa shape index (κ1) is 30.3. The van der Waals surface area contributed by atoms with Crippen molar-refractivity contribution < 1.29 is 18.0 Å². The van der Waals surface area contributed by atoms with Gasteiger partial charge in [-0.3, -0.25) is 13.9 Å². The van der Waals surface area contributed by atoms with E-state index < -0.39 is 28.5 Å². The van der Waals surface area contributed by atoms with Crippen LogP contribution in [0, 0.1) is 20.8 Å². The summed E-state index contributed by atoms with van der Waals surface area (Å²) in [5, 5.41) is 3.15. The molecule has 1 aliphatic rings. The van der Waals surface area contributed by atoms with Gasteiger partial charge in [-0.25, -0.2) is 8.42 Å². The fourth-order valence-electron chi connectivity index (χ4n) is 5.42. The Morgan fingerprint density at radius 2 is 1.56 bits per heavy atom. The van der Waals surface area contributed by atoms with Crippen LogP contribution < -0.4 is 9.62 Å². The van der Waals surface area contributed by atoms with Crippen LogP contribution in [-0.2, 0) is 26.2 Å². The van der Waals surface area contributed by atoms with Crippen LogP contribution in [0.15, 0.2) is 77.7 Å². The number of hydrogen-bond acceptors (Lipinski definition) is 4. The number of anilines is 1. The number of carbonyl (C=O) groups is 2. The van der Waals surface area contributed by atoms with E-state index in [4.69, 9.17) is 0 Å². The maximum atomic E-state index is 14.3. The van der Waals surface area contributed by atoms with E-state index in [1.54, 1.807) is 35.2 Å². The van der Waals surface area contributed by atoms with Crippen LogP contribution in [0.3, 0.4) is 0 Å². The van der Waals surface area contributed by atoms with E-state index in [9.17, 15) is 18.0 Å². The van der Waals surface area contributed by atoms with Crippen LogP contribution in [0.2, 0.25) is 0 Å². The molecule has 0 aliphatic heterocycles. The predicted molar refractivity (Wildman–Crippen MR) is 163 cm³/mol. The van der Waals surface area contributed by atoms with Crippen molar-refractivity contribution in [1.29, 1.82) is 0 Å². The van der Waals surface area contributed by atoms with Crippen LogP contribution in [0.4, 0.5) is 5.69 Å². The maximum Gasteiger partial charge on any atom is 0.264 e. The molecule has 0 unspecified atom stereocenters. The van der Waals surface area contributed by atoms with Gasteiger partial charge in [0.2, 0.25) is 11.8 Å². The summed E-state index contributed by atoms with van der Waals surface area (Å²) >= 11 is 0. The Morgan fingerprint density at radius 3 is 2.20 bits per heavy atom. The molecule has 218 valence electrons. The van der Waals surface area contributed by atoms with Gasteiger partial charge >= 0.3 is 0 Å². The van der Waals surface area contributed by atoms with Gasteiger partial charge in [-0.15, -0.1) is 0 Å². The minimum Gasteiger partial charge on any atom is -0.352 e. The number of amides is 2. The van der Waals surface area contributed by atoms with Crippen molar-refractivity contribution >= 4 is 27.5 Å². The lowest BCUT2D eigenvalue weighted by molar-refractivity contribution is -0.140. The van der Waals surface area contributed by atoms with Crippen molar-refractivity contribution in [3.05, 3.63) is 95.1 Å². The average Bonchev–Trinajstić information content (AvgIpc) is 3.47. The molecule has 1 aliphatic carbocycles. The number of sulfonamides is 1. The normalized spacial score (nSPS) is 14.4. The van der Waals surface area contributed by atoms with E-state index >= 15 is 0 Å². The summed E-state index contributed by atoms with van der Waals surface area (Å²) < 4.78 is 29.3. The van der Waals surface area contributed by atoms with E-state index in [2.05, 4.69) is 5.32 Å². The molecule has 0 radical (unpaired) electrons. The molecule has 0 bridgehead atoms. The van der Waals surface area contributed by atoms with Gasteiger partial charge in [-0.1, -0.05) is 79.9 Å². The molecule has 8 heteroatoms. The van der Waals surface area contributed by atoms with Gasteiger partial charge in [-0.2, -0.15) is 0 Å². The van der Waals surface area contributed by atoms with E-state index in [0.29, 0.717) is 12.1 Å². The second-order valence-corrected chi connectivity index (χ2v) is 12.8. The van der Waals surface area contributed by atoms with Crippen molar-refractivity contribution in [2.75, 3.05) is 10.8 Å². The highest BCUT2D eigenvalue weighted by atomic mass is 32.2. The summed E-state index contributed by atoms with van der Waals surface area (Å²) in [6.07, 6.45) is 4.44. The molecule has 0 aromatic heterocycles. The van der Waals surface area contributed by atoms with Crippen molar-refractivity contribution in [2.45, 2.75) is 83.3 Å². The zero-order valence-electron chi connectivity index (χ0n) is 24.5. The Kier molecular flexibility index (Phi) is 9.86. The molecule has 2 amide bonds. The minimum atomic E-state index is -4.09. The summed E-state index contributed by atoms with van der Waals surface area (Å²) in [7, 11) is -4.09. The third-order valence-electron chi connectivity index (χ3n) is 8.02. The fourth-order valence-corrected chi connectivity index (χ4v) is 6.91. The third-order valence-corrected chi connectivity index (χ3v) is 9.79. The molecular formula is C33H41N3O4S. The molecule has 1 N–H and O–H groups in total. The number of hydrogen-bond donors (Lipinski definition) is 1. The molecule has 1 atom stereocenters. The molecule has 1 saturated carbocycles. The smallest absolute Gasteiger partial charge is 0.264 e. The quantitative estimate of drug-likeness (QED) is 0.319. The van der Waals surface area contributed by atoms with E-state index in [0.717, 1.165) is 47.9 Å². The first-order valence-corrected chi connectivity index (χ1v) is 15.8. The van der Waals surface area contributed by atoms with Crippen LogP contribution in [0.1, 0.15) is 61.3 Å². The van der Waals surface area contributed by atoms with Gasteiger partial charge < -0.3 is 10.2 Å². The van der Waals surface area contributed by atoms with Crippen molar-refractivity contribution in [1.82, 2.24) is 10.2 Å². The van der Waals surface area contributed by atoms with Gasteiger partial charge in [0.15, 0.2) is 0 Å². The lowest BCUT2D eigenvalue weighted by atomic mass is 10.1. The zero-order valence-corrected chi connectivity index (χ0v) is 25.3. The van der Waals surface area contributed by atoms with Gasteiger partial charge in [0.1, 0.15) is 12.6 Å². The lowest BCUT2D eigenvalue weighted by Gasteiger charge is -2.34. The largest absolute Gasteiger partial charge is 0.352 e. The summed E-state index contributed by atoms with van der Waals surface area (Å²) in [5.74, 6) is -0.622. The van der Waals surface area contributed by atoms with Gasteiger partial charge in [0.25, 0.3) is 10.0 Å². The standard InChI is InChI=1S/C33H41N3O4S/c1-5-30(33(38)34-28-13-9-10-14-28)35(22-27-20-18-24(2)19-21-27)32(37)23-36(31-17-11-12-25(3)26(31)4)41(39,40)29-15-7-6-8-16-29/h6-8,11-12,15-21,28,30H,5,9-10,13-14,22-23H2,1-4H3,(H,34,38)/t30-/m0/s1.